The lowest BCUT2D eigenvalue weighted by Gasteiger charge is -2.20. The molecular weight excluding hydrogens is 293 g/mol. The summed E-state index contributed by atoms with van der Waals surface area (Å²) in [5, 5.41) is 0. The molecule has 0 bridgehead atoms. The highest BCUT2D eigenvalue weighted by Crippen LogP contribution is 2.31. The lowest BCUT2D eigenvalue weighted by Crippen LogP contribution is -2.20. The third-order valence-corrected chi connectivity index (χ3v) is 3.49. The van der Waals surface area contributed by atoms with Crippen molar-refractivity contribution in [3.8, 4) is 5.88 Å². The second-order valence-electron chi connectivity index (χ2n) is 5.39. The van der Waals surface area contributed by atoms with E-state index in [0.717, 1.165) is 44.6 Å². The number of aromatic nitrogens is 1. The van der Waals surface area contributed by atoms with Crippen molar-refractivity contribution < 1.29 is 17.9 Å². The molecule has 0 aromatic carbocycles. The zero-order valence-electron chi connectivity index (χ0n) is 13.2. The summed E-state index contributed by atoms with van der Waals surface area (Å²) in [4.78, 5) is 3.64. The number of ether oxygens (including phenoxy) is 1. The largest absolute Gasteiger partial charge is 0.474 e. The van der Waals surface area contributed by atoms with Crippen molar-refractivity contribution in [3.05, 3.63) is 23.4 Å². The second-order valence-corrected chi connectivity index (χ2v) is 5.39. The van der Waals surface area contributed by atoms with Gasteiger partial charge in [0.2, 0.25) is 5.88 Å². The predicted molar refractivity (Wildman–Crippen MR) is 80.6 cm³/mol. The summed E-state index contributed by atoms with van der Waals surface area (Å²) < 4.78 is 44.2. The van der Waals surface area contributed by atoms with E-state index >= 15 is 0 Å². The maximum absolute atomic E-state index is 12.8. The number of halogens is 3. The van der Waals surface area contributed by atoms with Gasteiger partial charge in [0, 0.05) is 12.1 Å². The topological polar surface area (TPSA) is 48.1 Å². The smallest absolute Gasteiger partial charge is 0.433 e. The van der Waals surface area contributed by atoms with Gasteiger partial charge in [-0.1, -0.05) is 45.6 Å². The molecule has 1 heterocycles. The van der Waals surface area contributed by atoms with Crippen molar-refractivity contribution in [1.29, 1.82) is 0 Å². The monoisotopic (exact) mass is 318 g/mol. The summed E-state index contributed by atoms with van der Waals surface area (Å²) in [5.41, 5.74) is 5.15. The molecule has 0 amide bonds. The van der Waals surface area contributed by atoms with Crippen LogP contribution in [0.1, 0.15) is 63.6 Å². The third-order valence-electron chi connectivity index (χ3n) is 3.49. The Kier molecular flexibility index (Phi) is 7.65. The van der Waals surface area contributed by atoms with Crippen LogP contribution >= 0.6 is 0 Å². The Morgan fingerprint density at radius 1 is 1.14 bits per heavy atom. The van der Waals surface area contributed by atoms with Crippen LogP contribution in [-0.2, 0) is 12.7 Å². The van der Waals surface area contributed by atoms with Crippen molar-refractivity contribution in [1.82, 2.24) is 4.98 Å². The van der Waals surface area contributed by atoms with Crippen LogP contribution in [0, 0.1) is 0 Å². The molecule has 126 valence electrons. The summed E-state index contributed by atoms with van der Waals surface area (Å²) in [6.07, 6.45) is 1.04. The summed E-state index contributed by atoms with van der Waals surface area (Å²) in [6.45, 7) is 4.25. The summed E-state index contributed by atoms with van der Waals surface area (Å²) in [6, 6.07) is 2.30. The fourth-order valence-corrected chi connectivity index (χ4v) is 2.17. The SMILES string of the molecule is CCCCC(CCCC)Oc1nc(C(F)(F)F)ccc1CN. The standard InChI is InChI=1S/C16H25F3N2O/c1-3-5-7-13(8-6-4-2)22-15-12(11-20)9-10-14(21-15)16(17,18)19/h9-10,13H,3-8,11,20H2,1-2H3. The number of alkyl halides is 3. The highest BCUT2D eigenvalue weighted by atomic mass is 19.4. The molecule has 0 atom stereocenters. The number of pyridine rings is 1. The Morgan fingerprint density at radius 3 is 2.18 bits per heavy atom. The van der Waals surface area contributed by atoms with Crippen molar-refractivity contribution in [2.45, 2.75) is 71.2 Å². The third kappa shape index (κ3) is 5.83. The molecule has 0 aliphatic rings. The number of rotatable bonds is 9. The van der Waals surface area contributed by atoms with Gasteiger partial charge in [0.15, 0.2) is 0 Å². The van der Waals surface area contributed by atoms with Crippen molar-refractivity contribution in [2.75, 3.05) is 0 Å². The normalized spacial score (nSPS) is 12.0. The van der Waals surface area contributed by atoms with E-state index < -0.39 is 11.9 Å². The lowest BCUT2D eigenvalue weighted by molar-refractivity contribution is -0.141. The molecule has 0 spiro atoms. The van der Waals surface area contributed by atoms with E-state index in [1.54, 1.807) is 0 Å². The average molecular weight is 318 g/mol. The highest BCUT2D eigenvalue weighted by molar-refractivity contribution is 5.29. The van der Waals surface area contributed by atoms with Crippen LogP contribution in [0.4, 0.5) is 13.2 Å². The number of unbranched alkanes of at least 4 members (excludes halogenated alkanes) is 2. The molecule has 0 unspecified atom stereocenters. The minimum absolute atomic E-state index is 0.0227. The summed E-state index contributed by atoms with van der Waals surface area (Å²) in [7, 11) is 0. The van der Waals surface area contributed by atoms with E-state index in [9.17, 15) is 13.2 Å². The number of nitrogens with two attached hydrogens (primary N) is 1. The number of nitrogens with zero attached hydrogens (tertiary/aromatic N) is 1. The quantitative estimate of drug-likeness (QED) is 0.718. The minimum Gasteiger partial charge on any atom is -0.474 e. The van der Waals surface area contributed by atoms with Crippen LogP contribution in [0.25, 0.3) is 0 Å². The lowest BCUT2D eigenvalue weighted by atomic mass is 10.1. The zero-order chi connectivity index (χ0) is 16.6. The number of hydrogen-bond donors (Lipinski definition) is 1. The Hall–Kier alpha value is -1.30. The molecule has 1 aromatic rings. The molecule has 22 heavy (non-hydrogen) atoms. The summed E-state index contributed by atoms with van der Waals surface area (Å²) >= 11 is 0. The van der Waals surface area contributed by atoms with Crippen LogP contribution in [-0.4, -0.2) is 11.1 Å². The molecule has 0 aliphatic carbocycles. The van der Waals surface area contributed by atoms with E-state index in [1.165, 1.54) is 6.07 Å². The van der Waals surface area contributed by atoms with Crippen molar-refractivity contribution in [3.63, 3.8) is 0 Å². The van der Waals surface area contributed by atoms with Gasteiger partial charge in [0.05, 0.1) is 0 Å². The molecule has 6 heteroatoms. The molecule has 0 aliphatic heterocycles. The van der Waals surface area contributed by atoms with Crippen LogP contribution < -0.4 is 10.5 Å². The molecule has 1 rings (SSSR count). The average Bonchev–Trinajstić information content (AvgIpc) is 2.48. The molecule has 0 saturated heterocycles. The first-order valence-corrected chi connectivity index (χ1v) is 7.86. The van der Waals surface area contributed by atoms with Gasteiger partial charge in [-0.05, 0) is 18.9 Å². The van der Waals surface area contributed by atoms with Gasteiger partial charge in [0.25, 0.3) is 0 Å². The van der Waals surface area contributed by atoms with E-state index in [-0.39, 0.29) is 18.5 Å². The molecule has 0 saturated carbocycles. The van der Waals surface area contributed by atoms with E-state index in [2.05, 4.69) is 18.8 Å². The fraction of sp³-hybridized carbons (Fsp3) is 0.688. The van der Waals surface area contributed by atoms with Gasteiger partial charge >= 0.3 is 6.18 Å². The van der Waals surface area contributed by atoms with Crippen LogP contribution in [0.15, 0.2) is 12.1 Å². The Morgan fingerprint density at radius 2 is 1.73 bits per heavy atom. The molecule has 0 fully saturated rings. The van der Waals surface area contributed by atoms with Crippen LogP contribution in [0.3, 0.4) is 0 Å². The van der Waals surface area contributed by atoms with Crippen molar-refractivity contribution in [2.24, 2.45) is 5.73 Å². The highest BCUT2D eigenvalue weighted by Gasteiger charge is 2.33. The second kappa shape index (κ2) is 8.98. The van der Waals surface area contributed by atoms with Gasteiger partial charge in [-0.25, -0.2) is 4.98 Å². The van der Waals surface area contributed by atoms with Crippen molar-refractivity contribution >= 4 is 0 Å². The van der Waals surface area contributed by atoms with Gasteiger partial charge < -0.3 is 10.5 Å². The molecule has 0 radical (unpaired) electrons. The van der Waals surface area contributed by atoms with Gasteiger partial charge in [-0.15, -0.1) is 0 Å². The van der Waals surface area contributed by atoms with Crippen LogP contribution in [0.5, 0.6) is 5.88 Å². The minimum atomic E-state index is -4.48. The first-order chi connectivity index (χ1) is 10.4. The molecule has 3 nitrogen and oxygen atoms in total. The molecule has 2 N–H and O–H groups in total. The van der Waals surface area contributed by atoms with Gasteiger partial charge in [-0.2, -0.15) is 13.2 Å². The van der Waals surface area contributed by atoms with Crippen LogP contribution in [0.2, 0.25) is 0 Å². The Bertz CT molecular complexity index is 442. The predicted octanol–water partition coefficient (Wildman–Crippen LogP) is 4.69. The van der Waals surface area contributed by atoms with E-state index in [1.807, 2.05) is 0 Å². The number of hydrogen-bond acceptors (Lipinski definition) is 3. The molecule has 1 aromatic heterocycles. The van der Waals surface area contributed by atoms with Gasteiger partial charge in [0.1, 0.15) is 11.8 Å². The maximum Gasteiger partial charge on any atom is 0.433 e. The van der Waals surface area contributed by atoms with E-state index in [0.29, 0.717) is 5.56 Å². The van der Waals surface area contributed by atoms with Gasteiger partial charge in [-0.3, -0.25) is 0 Å². The Labute approximate surface area is 130 Å². The zero-order valence-corrected chi connectivity index (χ0v) is 13.2. The maximum atomic E-state index is 12.8. The Balaban J connectivity index is 2.94. The molecular formula is C16H25F3N2O. The fourth-order valence-electron chi connectivity index (χ4n) is 2.17. The summed E-state index contributed by atoms with van der Waals surface area (Å²) in [5.74, 6) is 0.0227. The first kappa shape index (κ1) is 18.7. The van der Waals surface area contributed by atoms with E-state index in [4.69, 9.17) is 10.5 Å². The first-order valence-electron chi connectivity index (χ1n) is 7.86.